The van der Waals surface area contributed by atoms with Crippen molar-refractivity contribution in [3.05, 3.63) is 169 Å². The monoisotopic (exact) mass is 1310 g/mol. The third-order valence-corrected chi connectivity index (χ3v) is 16.8. The minimum absolute atomic E-state index is 0.330. The lowest BCUT2D eigenvalue weighted by Gasteiger charge is -2.43. The molecule has 12 rings (SSSR count). The summed E-state index contributed by atoms with van der Waals surface area (Å²) in [6.07, 6.45) is 7.64. The summed E-state index contributed by atoms with van der Waals surface area (Å²) in [6.45, 7) is 18.3. The van der Waals surface area contributed by atoms with Gasteiger partial charge in [0.2, 0.25) is 0 Å². The number of anilines is 4. The van der Waals surface area contributed by atoms with Crippen molar-refractivity contribution in [3.8, 4) is 56.7 Å². The number of hydrogen-bond acceptors (Lipinski definition) is 17. The fourth-order valence-corrected chi connectivity index (χ4v) is 11.7. The molecule has 0 atom stereocenters. The molecule has 2 aliphatic carbocycles. The SMILES string of the molecule is CC(=O)OC(C)(C)C(=O)Nc1cccc(-c2ccc3nc(-c4cccnc4N)n(-c4ccc(C5(NC(=O)OC(C)(C)C)CCC5)cc4)c3n2)c1.CC(C)(C)OC(=O)NC1(c2ccc(-n3c(-c4cccnc4N)nc4ccc(-c5cccc(NC(=O)C(C)(C)O)c5)nc43)cc2)CCC1. The zero-order chi connectivity index (χ0) is 69.4. The number of rotatable bonds is 15. The van der Waals surface area contributed by atoms with Gasteiger partial charge in [-0.05, 0) is 216 Å². The van der Waals surface area contributed by atoms with Crippen molar-refractivity contribution in [2.75, 3.05) is 22.1 Å². The van der Waals surface area contributed by atoms with Gasteiger partial charge in [0.25, 0.3) is 11.8 Å². The van der Waals surface area contributed by atoms with E-state index in [2.05, 4.69) is 31.2 Å². The van der Waals surface area contributed by atoms with E-state index in [1.54, 1.807) is 30.6 Å². The Morgan fingerprint density at radius 3 is 1.25 bits per heavy atom. The average Bonchev–Trinajstić information content (AvgIpc) is 1.63. The van der Waals surface area contributed by atoms with Crippen molar-refractivity contribution < 1.29 is 43.3 Å². The molecule has 0 bridgehead atoms. The number of esters is 1. The highest BCUT2D eigenvalue weighted by Gasteiger charge is 2.43. The van der Waals surface area contributed by atoms with Crippen LogP contribution in [0.15, 0.2) is 158 Å². The molecular weight excluding hydrogens is 1230 g/mol. The second-order valence-electron chi connectivity index (χ2n) is 27.4. The normalized spacial score (nSPS) is 14.2. The number of aromatic nitrogens is 8. The van der Waals surface area contributed by atoms with E-state index >= 15 is 0 Å². The van der Waals surface area contributed by atoms with Gasteiger partial charge in [-0.2, -0.15) is 0 Å². The number of pyridine rings is 4. The summed E-state index contributed by atoms with van der Waals surface area (Å²) in [6, 6.07) is 45.5. The van der Waals surface area contributed by atoms with E-state index in [-0.39, 0.29) is 0 Å². The lowest BCUT2D eigenvalue weighted by molar-refractivity contribution is -0.160. The molecule has 0 spiro atoms. The van der Waals surface area contributed by atoms with Gasteiger partial charge in [-0.25, -0.2) is 39.5 Å². The fraction of sp³-hybridized carbons (Fsp3) is 0.311. The number of carbonyl (C=O) groups is 5. The van der Waals surface area contributed by atoms with Crippen LogP contribution in [0.5, 0.6) is 0 Å². The number of nitrogen functional groups attached to an aromatic ring is 2. The predicted octanol–water partition coefficient (Wildman–Crippen LogP) is 13.3. The Morgan fingerprint density at radius 2 is 0.897 bits per heavy atom. The number of aliphatic hydroxyl groups is 1. The van der Waals surface area contributed by atoms with E-state index in [0.717, 1.165) is 72.2 Å². The van der Waals surface area contributed by atoms with Crippen molar-refractivity contribution >= 4 is 75.3 Å². The van der Waals surface area contributed by atoms with Crippen molar-refractivity contribution in [2.24, 2.45) is 0 Å². The van der Waals surface area contributed by atoms with Crippen LogP contribution in [-0.2, 0) is 39.7 Å². The molecule has 6 heterocycles. The molecule has 10 aromatic rings. The Kier molecular flexibility index (Phi) is 18.2. The van der Waals surface area contributed by atoms with E-state index in [4.69, 9.17) is 45.6 Å². The van der Waals surface area contributed by atoms with E-state index in [1.807, 2.05) is 178 Å². The number of benzene rings is 4. The molecule has 6 aromatic heterocycles. The van der Waals surface area contributed by atoms with Gasteiger partial charge in [0.15, 0.2) is 28.5 Å². The lowest BCUT2D eigenvalue weighted by Crippen LogP contribution is -2.52. The summed E-state index contributed by atoms with van der Waals surface area (Å²) < 4.78 is 20.2. The average molecular weight is 1310 g/mol. The zero-order valence-electron chi connectivity index (χ0n) is 56.2. The van der Waals surface area contributed by atoms with Crippen LogP contribution in [0.3, 0.4) is 0 Å². The molecule has 4 amide bonds. The van der Waals surface area contributed by atoms with E-state index < -0.39 is 63.5 Å². The highest BCUT2D eigenvalue weighted by molar-refractivity contribution is 5.99. The molecule has 23 nitrogen and oxygen atoms in total. The Bertz CT molecular complexity index is 4650. The predicted molar refractivity (Wildman–Crippen MR) is 373 cm³/mol. The minimum atomic E-state index is -1.52. The quantitative estimate of drug-likeness (QED) is 0.0370. The summed E-state index contributed by atoms with van der Waals surface area (Å²) in [7, 11) is 0. The third-order valence-electron chi connectivity index (χ3n) is 16.8. The number of nitrogens with one attached hydrogen (secondary N) is 4. The summed E-state index contributed by atoms with van der Waals surface area (Å²) in [5.74, 6) is 0.306. The number of fused-ring (bicyclic) bond motifs is 2. The molecule has 2 aliphatic rings. The number of nitrogens with zero attached hydrogens (tertiary/aromatic N) is 8. The van der Waals surface area contributed by atoms with Crippen LogP contribution in [0.2, 0.25) is 0 Å². The van der Waals surface area contributed by atoms with Crippen LogP contribution >= 0.6 is 0 Å². The summed E-state index contributed by atoms with van der Waals surface area (Å²) in [5.41, 5.74) is 18.9. The van der Waals surface area contributed by atoms with E-state index in [1.165, 1.54) is 34.6 Å². The second kappa shape index (κ2) is 26.3. The number of imidazole rings is 2. The first kappa shape index (κ1) is 67.4. The van der Waals surface area contributed by atoms with E-state index in [9.17, 15) is 29.1 Å². The first-order chi connectivity index (χ1) is 45.9. The standard InChI is InChI=1S/C38H41N7O5.C36H39N7O4/c1-23(46)49-37(5,6)34(47)41-26-11-7-10-24(22-26)29-17-18-30-33(42-29)45(32(43-30)28-12-8-21-40-31(28)39)27-15-13-25(14-16-27)38(19-9-20-38)44-35(48)50-36(2,3)4;1-34(2,3)47-33(45)42-36(18-8-19-36)23-12-14-25(15-13-23)43-30(26-11-7-20-38-29(26)37)41-28-17-16-27(40-31(28)43)22-9-6-10-24(21-22)39-32(44)35(4,5)46/h7-8,10-18,21-22H,9,19-20H2,1-6H3,(H2,39,40)(H,41,47)(H,44,48);6-7,9-17,20-21,46H,8,18-19H2,1-5H3,(H2,37,38)(H,39,44)(H,42,45). The minimum Gasteiger partial charge on any atom is -0.450 e. The Morgan fingerprint density at radius 1 is 0.495 bits per heavy atom. The molecular formula is C74H80N14O9. The van der Waals surface area contributed by atoms with Crippen molar-refractivity contribution in [3.63, 3.8) is 0 Å². The van der Waals surface area contributed by atoms with Gasteiger partial charge >= 0.3 is 18.2 Å². The number of ether oxygens (including phenoxy) is 3. The lowest BCUT2D eigenvalue weighted by atomic mass is 9.72. The fourth-order valence-electron chi connectivity index (χ4n) is 11.7. The molecule has 97 heavy (non-hydrogen) atoms. The summed E-state index contributed by atoms with van der Waals surface area (Å²) >= 11 is 0. The maximum atomic E-state index is 12.9. The molecule has 0 saturated heterocycles. The Hall–Kier alpha value is -11.1. The molecule has 0 radical (unpaired) electrons. The van der Waals surface area contributed by atoms with Crippen LogP contribution in [0.4, 0.5) is 32.6 Å². The number of hydrogen-bond donors (Lipinski definition) is 7. The maximum Gasteiger partial charge on any atom is 0.408 e. The molecule has 0 aliphatic heterocycles. The van der Waals surface area contributed by atoms with Crippen LogP contribution in [-0.4, -0.2) is 96.5 Å². The zero-order valence-corrected chi connectivity index (χ0v) is 56.2. The molecule has 9 N–H and O–H groups in total. The van der Waals surface area contributed by atoms with Crippen molar-refractivity contribution in [1.82, 2.24) is 49.7 Å². The molecule has 2 saturated carbocycles. The number of alkyl carbamates (subject to hydrolysis) is 2. The smallest absolute Gasteiger partial charge is 0.408 e. The first-order valence-corrected chi connectivity index (χ1v) is 32.1. The van der Waals surface area contributed by atoms with Gasteiger partial charge in [0, 0.05) is 53.2 Å². The molecule has 2 fully saturated rings. The van der Waals surface area contributed by atoms with Gasteiger partial charge in [-0.15, -0.1) is 0 Å². The van der Waals surface area contributed by atoms with Gasteiger partial charge in [0.1, 0.15) is 39.5 Å². The van der Waals surface area contributed by atoms with Gasteiger partial charge in [-0.1, -0.05) is 48.5 Å². The molecule has 500 valence electrons. The maximum absolute atomic E-state index is 12.9. The highest BCUT2D eigenvalue weighted by atomic mass is 16.6. The van der Waals surface area contributed by atoms with Gasteiger partial charge in [-0.3, -0.25) is 23.5 Å². The Balaban J connectivity index is 0.000000197. The van der Waals surface area contributed by atoms with Gasteiger partial charge in [0.05, 0.1) is 33.6 Å². The highest BCUT2D eigenvalue weighted by Crippen LogP contribution is 2.44. The van der Waals surface area contributed by atoms with Crippen LogP contribution in [0, 0.1) is 0 Å². The third kappa shape index (κ3) is 14.9. The first-order valence-electron chi connectivity index (χ1n) is 32.1. The van der Waals surface area contributed by atoms with Gasteiger partial charge < -0.3 is 52.1 Å². The van der Waals surface area contributed by atoms with Crippen LogP contribution in [0.1, 0.15) is 126 Å². The largest absolute Gasteiger partial charge is 0.450 e. The van der Waals surface area contributed by atoms with Crippen LogP contribution < -0.4 is 32.7 Å². The van der Waals surface area contributed by atoms with E-state index in [0.29, 0.717) is 79.5 Å². The van der Waals surface area contributed by atoms with Crippen LogP contribution in [0.25, 0.3) is 79.0 Å². The summed E-state index contributed by atoms with van der Waals surface area (Å²) in [4.78, 5) is 90.9. The topological polar surface area (TPSA) is 321 Å². The number of amides is 4. The molecule has 4 aromatic carbocycles. The Labute approximate surface area is 561 Å². The number of carbonyl (C=O) groups excluding carboxylic acids is 5. The molecule has 23 heteroatoms. The molecule has 0 unspecified atom stereocenters. The summed E-state index contributed by atoms with van der Waals surface area (Å²) in [5, 5.41) is 21.9. The van der Waals surface area contributed by atoms with Crippen molar-refractivity contribution in [2.45, 2.75) is 148 Å². The van der Waals surface area contributed by atoms with Crippen molar-refractivity contribution in [1.29, 1.82) is 0 Å². The number of nitrogens with two attached hydrogens (primary N) is 2. The second-order valence-corrected chi connectivity index (χ2v) is 27.4.